The van der Waals surface area contributed by atoms with Gasteiger partial charge in [0.15, 0.2) is 0 Å². The number of hydrogen-bond acceptors (Lipinski definition) is 3. The first-order chi connectivity index (χ1) is 15.2. The number of piperidine rings is 1. The molecule has 2 fully saturated rings. The molecule has 2 aliphatic rings. The van der Waals surface area contributed by atoms with Crippen molar-refractivity contribution in [3.05, 3.63) is 59.9 Å². The van der Waals surface area contributed by atoms with Crippen LogP contribution in [0.15, 0.2) is 48.5 Å². The molecule has 1 aromatic heterocycles. The monoisotopic (exact) mass is 416 g/mol. The van der Waals surface area contributed by atoms with E-state index >= 15 is 0 Å². The molecule has 1 saturated carbocycles. The maximum absolute atomic E-state index is 12.7. The maximum Gasteiger partial charge on any atom is 0.251 e. The third-order valence-electron chi connectivity index (χ3n) is 7.16. The van der Waals surface area contributed by atoms with Crippen LogP contribution in [0.4, 0.5) is 0 Å². The second-order valence-electron chi connectivity index (χ2n) is 9.16. The number of fused-ring (bicyclic) bond motifs is 1. The molecule has 0 unspecified atom stereocenters. The second kappa shape index (κ2) is 8.83. The van der Waals surface area contributed by atoms with Crippen LogP contribution in [0.5, 0.6) is 0 Å². The fourth-order valence-electron chi connectivity index (χ4n) is 5.36. The van der Waals surface area contributed by atoms with Crippen molar-refractivity contribution in [3.63, 3.8) is 0 Å². The summed E-state index contributed by atoms with van der Waals surface area (Å²) in [7, 11) is 0. The largest absolute Gasteiger partial charge is 0.352 e. The summed E-state index contributed by atoms with van der Waals surface area (Å²) in [5.41, 5.74) is 3.82. The summed E-state index contributed by atoms with van der Waals surface area (Å²) >= 11 is 0. The average Bonchev–Trinajstić information content (AvgIpc) is 3.45. The van der Waals surface area contributed by atoms with E-state index in [-0.39, 0.29) is 5.91 Å². The Kier molecular flexibility index (Phi) is 5.77. The van der Waals surface area contributed by atoms with Crippen LogP contribution < -0.4 is 5.32 Å². The quantitative estimate of drug-likeness (QED) is 0.655. The van der Waals surface area contributed by atoms with Gasteiger partial charge in [-0.2, -0.15) is 0 Å². The smallest absolute Gasteiger partial charge is 0.251 e. The zero-order valence-corrected chi connectivity index (χ0v) is 18.4. The second-order valence-corrected chi connectivity index (χ2v) is 9.16. The van der Waals surface area contributed by atoms with E-state index in [4.69, 9.17) is 0 Å². The Balaban J connectivity index is 1.18. The van der Waals surface area contributed by atoms with Crippen LogP contribution in [0.2, 0.25) is 0 Å². The molecule has 1 saturated heterocycles. The Morgan fingerprint density at radius 2 is 1.71 bits per heavy atom. The van der Waals surface area contributed by atoms with Gasteiger partial charge in [-0.25, -0.2) is 4.98 Å². The lowest BCUT2D eigenvalue weighted by molar-refractivity contribution is 0.0924. The molecule has 0 spiro atoms. The molecule has 1 amide bonds. The van der Waals surface area contributed by atoms with Crippen LogP contribution >= 0.6 is 0 Å². The van der Waals surface area contributed by atoms with Gasteiger partial charge in [-0.3, -0.25) is 9.36 Å². The molecule has 162 valence electrons. The molecular formula is C26H32N4O. The van der Waals surface area contributed by atoms with Gasteiger partial charge in [0.05, 0.1) is 11.0 Å². The molecule has 1 N–H and O–H groups in total. The summed E-state index contributed by atoms with van der Waals surface area (Å²) in [6.07, 6.45) is 7.95. The topological polar surface area (TPSA) is 50.2 Å². The number of aromatic nitrogens is 2. The van der Waals surface area contributed by atoms with Crippen molar-refractivity contribution in [1.82, 2.24) is 19.8 Å². The molecule has 1 aliphatic heterocycles. The minimum Gasteiger partial charge on any atom is -0.352 e. The minimum atomic E-state index is 0.0250. The van der Waals surface area contributed by atoms with Crippen LogP contribution in [0.1, 0.15) is 54.7 Å². The van der Waals surface area contributed by atoms with E-state index in [1.165, 1.54) is 51.6 Å². The van der Waals surface area contributed by atoms with E-state index in [0.29, 0.717) is 11.5 Å². The van der Waals surface area contributed by atoms with Gasteiger partial charge < -0.3 is 10.2 Å². The number of carbonyl (C=O) groups excluding carboxylic acids is 1. The van der Waals surface area contributed by atoms with Crippen molar-refractivity contribution in [1.29, 1.82) is 0 Å². The normalized spacial score (nSPS) is 18.6. The standard InChI is InChI=1S/C26H32N4O/c1-19-28-24-8-4-5-9-25(24)30(19)23-12-10-21(11-13-23)26(31)27-18-20-14-16-29(17-15-20)22-6-2-3-7-22/h4-5,8-13,20,22H,2-3,6-7,14-18H2,1H3,(H,27,31). The zero-order chi connectivity index (χ0) is 21.2. The molecule has 0 bridgehead atoms. The number of carbonyl (C=O) groups is 1. The molecular weight excluding hydrogens is 384 g/mol. The van der Waals surface area contributed by atoms with Crippen LogP contribution in [-0.4, -0.2) is 46.0 Å². The van der Waals surface area contributed by atoms with E-state index in [2.05, 4.69) is 25.8 Å². The SMILES string of the molecule is Cc1nc2ccccc2n1-c1ccc(C(=O)NCC2CCN(C3CCCC3)CC2)cc1. The number of para-hydroxylation sites is 2. The number of likely N-dealkylation sites (tertiary alicyclic amines) is 1. The zero-order valence-electron chi connectivity index (χ0n) is 18.4. The van der Waals surface area contributed by atoms with Gasteiger partial charge in [0.25, 0.3) is 5.91 Å². The highest BCUT2D eigenvalue weighted by molar-refractivity contribution is 5.94. The lowest BCUT2D eigenvalue weighted by Gasteiger charge is -2.36. The van der Waals surface area contributed by atoms with E-state index < -0.39 is 0 Å². The highest BCUT2D eigenvalue weighted by Crippen LogP contribution is 2.27. The Morgan fingerprint density at radius 1 is 1.00 bits per heavy atom. The number of nitrogens with zero attached hydrogens (tertiary/aromatic N) is 3. The molecule has 2 heterocycles. The number of hydrogen-bond donors (Lipinski definition) is 1. The van der Waals surface area contributed by atoms with Gasteiger partial charge in [0.1, 0.15) is 5.82 Å². The van der Waals surface area contributed by atoms with Crippen molar-refractivity contribution in [2.45, 2.75) is 51.5 Å². The van der Waals surface area contributed by atoms with Gasteiger partial charge >= 0.3 is 0 Å². The Morgan fingerprint density at radius 3 is 2.45 bits per heavy atom. The highest BCUT2D eigenvalue weighted by Gasteiger charge is 2.27. The molecule has 5 heteroatoms. The minimum absolute atomic E-state index is 0.0250. The van der Waals surface area contributed by atoms with Gasteiger partial charge in [-0.1, -0.05) is 25.0 Å². The van der Waals surface area contributed by atoms with Crippen molar-refractivity contribution in [2.24, 2.45) is 5.92 Å². The van der Waals surface area contributed by atoms with E-state index in [1.807, 2.05) is 49.4 Å². The highest BCUT2D eigenvalue weighted by atomic mass is 16.1. The maximum atomic E-state index is 12.7. The van der Waals surface area contributed by atoms with Crippen LogP contribution in [0.25, 0.3) is 16.7 Å². The third-order valence-corrected chi connectivity index (χ3v) is 7.16. The average molecular weight is 417 g/mol. The number of benzene rings is 2. The van der Waals surface area contributed by atoms with Crippen LogP contribution in [-0.2, 0) is 0 Å². The molecule has 0 atom stereocenters. The van der Waals surface area contributed by atoms with Gasteiger partial charge in [-0.15, -0.1) is 0 Å². The Hall–Kier alpha value is -2.66. The summed E-state index contributed by atoms with van der Waals surface area (Å²) in [5.74, 6) is 1.57. The lowest BCUT2D eigenvalue weighted by Crippen LogP contribution is -2.42. The Labute approximate surface area is 184 Å². The molecule has 3 aromatic rings. The first kappa shape index (κ1) is 20.3. The van der Waals surface area contributed by atoms with Crippen molar-refractivity contribution in [3.8, 4) is 5.69 Å². The molecule has 1 aliphatic carbocycles. The molecule has 5 rings (SSSR count). The van der Waals surface area contributed by atoms with Gasteiger partial charge in [-0.05, 0) is 88.0 Å². The first-order valence-corrected chi connectivity index (χ1v) is 11.8. The summed E-state index contributed by atoms with van der Waals surface area (Å²) in [6.45, 7) is 5.18. The number of rotatable bonds is 5. The molecule has 0 radical (unpaired) electrons. The van der Waals surface area contributed by atoms with Crippen molar-refractivity contribution in [2.75, 3.05) is 19.6 Å². The van der Waals surface area contributed by atoms with Crippen LogP contribution in [0, 0.1) is 12.8 Å². The Bertz CT molecular complexity index is 1040. The first-order valence-electron chi connectivity index (χ1n) is 11.8. The fourth-order valence-corrected chi connectivity index (χ4v) is 5.36. The molecule has 2 aromatic carbocycles. The summed E-state index contributed by atoms with van der Waals surface area (Å²) in [6, 6.07) is 16.8. The number of amides is 1. The van der Waals surface area contributed by atoms with E-state index in [1.54, 1.807) is 0 Å². The van der Waals surface area contributed by atoms with E-state index in [0.717, 1.165) is 35.1 Å². The molecule has 5 nitrogen and oxygen atoms in total. The number of aryl methyl sites for hydroxylation is 1. The van der Waals surface area contributed by atoms with Gasteiger partial charge in [0.2, 0.25) is 0 Å². The summed E-state index contributed by atoms with van der Waals surface area (Å²) in [4.78, 5) is 20.0. The van der Waals surface area contributed by atoms with Crippen molar-refractivity contribution < 1.29 is 4.79 Å². The van der Waals surface area contributed by atoms with Crippen LogP contribution in [0.3, 0.4) is 0 Å². The number of imidazole rings is 1. The van der Waals surface area contributed by atoms with Gasteiger partial charge in [0, 0.05) is 23.8 Å². The predicted octanol–water partition coefficient (Wildman–Crippen LogP) is 4.72. The number of nitrogens with one attached hydrogen (secondary N) is 1. The molecule has 31 heavy (non-hydrogen) atoms. The predicted molar refractivity (Wildman–Crippen MR) is 125 cm³/mol. The fraction of sp³-hybridized carbons (Fsp3) is 0.462. The summed E-state index contributed by atoms with van der Waals surface area (Å²) in [5, 5.41) is 3.17. The van der Waals surface area contributed by atoms with Crippen molar-refractivity contribution >= 4 is 16.9 Å². The van der Waals surface area contributed by atoms with E-state index in [9.17, 15) is 4.79 Å². The lowest BCUT2D eigenvalue weighted by atomic mass is 9.95. The summed E-state index contributed by atoms with van der Waals surface area (Å²) < 4.78 is 2.13. The third kappa shape index (κ3) is 4.24.